The van der Waals surface area contributed by atoms with Crippen LogP contribution in [0.5, 0.6) is 5.75 Å². The summed E-state index contributed by atoms with van der Waals surface area (Å²) < 4.78 is 45.2. The molecule has 10 heteroatoms. The lowest BCUT2D eigenvalue weighted by Gasteiger charge is -2.16. The molecule has 0 spiro atoms. The summed E-state index contributed by atoms with van der Waals surface area (Å²) in [6.45, 7) is 18.3. The van der Waals surface area contributed by atoms with Gasteiger partial charge < -0.3 is 9.84 Å². The SMILES string of the molecule is CC.CC/C=C/C(C(=O)Nc1nnc(C)s1)=C(\C=C(C)C)c1c(F)cccc1OC(F)F.C\C=C(/C=C\C(CCC)=C(\C)CC)C(C)O. The Hall–Kier alpha value is -3.76. The zero-order valence-corrected chi connectivity index (χ0v) is 31.2. The lowest BCUT2D eigenvalue weighted by atomic mass is 9.95. The number of aromatic nitrogens is 2. The van der Waals surface area contributed by atoms with Gasteiger partial charge in [0.05, 0.1) is 11.7 Å². The Morgan fingerprint density at radius 1 is 1.08 bits per heavy atom. The number of hydrogen-bond acceptors (Lipinski definition) is 6. The zero-order valence-electron chi connectivity index (χ0n) is 30.4. The summed E-state index contributed by atoms with van der Waals surface area (Å²) in [5, 5.41) is 20.8. The highest BCUT2D eigenvalue weighted by atomic mass is 32.1. The van der Waals surface area contributed by atoms with Crippen LogP contribution in [0.25, 0.3) is 5.57 Å². The van der Waals surface area contributed by atoms with Crippen molar-refractivity contribution in [3.05, 3.63) is 98.9 Å². The molecule has 48 heavy (non-hydrogen) atoms. The van der Waals surface area contributed by atoms with Gasteiger partial charge in [-0.25, -0.2) is 4.39 Å². The molecule has 1 unspecified atom stereocenters. The van der Waals surface area contributed by atoms with E-state index < -0.39 is 18.3 Å². The number of rotatable bonds is 14. The van der Waals surface area contributed by atoms with Crippen LogP contribution in [-0.4, -0.2) is 33.9 Å². The van der Waals surface area contributed by atoms with Gasteiger partial charge in [-0.1, -0.05) is 106 Å². The van der Waals surface area contributed by atoms with E-state index >= 15 is 0 Å². The second kappa shape index (κ2) is 24.4. The number of aliphatic hydroxyl groups excluding tert-OH is 1. The van der Waals surface area contributed by atoms with Gasteiger partial charge in [0.1, 0.15) is 16.6 Å². The number of nitrogens with one attached hydrogen (secondary N) is 1. The van der Waals surface area contributed by atoms with Crippen LogP contribution in [0.1, 0.15) is 105 Å². The second-order valence-corrected chi connectivity index (χ2v) is 11.8. The monoisotopic (exact) mass is 689 g/mol. The number of amides is 1. The first-order valence-corrected chi connectivity index (χ1v) is 17.2. The number of hydrogen-bond donors (Lipinski definition) is 2. The van der Waals surface area contributed by atoms with Crippen molar-refractivity contribution < 1.29 is 27.8 Å². The van der Waals surface area contributed by atoms with Crippen molar-refractivity contribution in [3.8, 4) is 5.75 Å². The van der Waals surface area contributed by atoms with Gasteiger partial charge in [-0.2, -0.15) is 8.78 Å². The van der Waals surface area contributed by atoms with E-state index in [1.165, 1.54) is 40.7 Å². The molecule has 266 valence electrons. The Labute approximate surface area is 289 Å². The molecule has 1 amide bonds. The molecule has 1 heterocycles. The fourth-order valence-corrected chi connectivity index (χ4v) is 4.76. The van der Waals surface area contributed by atoms with E-state index in [1.54, 1.807) is 39.8 Å². The van der Waals surface area contributed by atoms with Gasteiger partial charge in [0.2, 0.25) is 5.13 Å². The minimum Gasteiger partial charge on any atom is -0.434 e. The number of aryl methyl sites for hydroxylation is 1. The van der Waals surface area contributed by atoms with Crippen molar-refractivity contribution in [1.29, 1.82) is 0 Å². The highest BCUT2D eigenvalue weighted by Crippen LogP contribution is 2.35. The summed E-state index contributed by atoms with van der Waals surface area (Å²) in [7, 11) is 0. The van der Waals surface area contributed by atoms with Gasteiger partial charge in [0.25, 0.3) is 5.91 Å². The van der Waals surface area contributed by atoms with Gasteiger partial charge in [0, 0.05) is 11.1 Å². The molecule has 0 fully saturated rings. The largest absolute Gasteiger partial charge is 0.434 e. The van der Waals surface area contributed by atoms with E-state index in [0.29, 0.717) is 11.4 Å². The summed E-state index contributed by atoms with van der Waals surface area (Å²) in [5.74, 6) is -1.73. The van der Waals surface area contributed by atoms with Crippen LogP contribution in [0.4, 0.5) is 18.3 Å². The number of aliphatic hydroxyl groups is 1. The molecular weight excluding hydrogens is 635 g/mol. The predicted molar refractivity (Wildman–Crippen MR) is 196 cm³/mol. The molecule has 1 aromatic heterocycles. The molecule has 0 aliphatic carbocycles. The molecule has 1 aromatic carbocycles. The average Bonchev–Trinajstić information content (AvgIpc) is 3.44. The number of halogens is 3. The third-order valence-corrected chi connectivity index (χ3v) is 7.34. The Bertz CT molecular complexity index is 1460. The number of anilines is 1. The number of carbonyl (C=O) groups excluding carboxylic acids is 1. The number of carbonyl (C=O) groups is 1. The number of nitrogens with zero attached hydrogens (tertiary/aromatic N) is 2. The van der Waals surface area contributed by atoms with Crippen molar-refractivity contribution in [3.63, 3.8) is 0 Å². The van der Waals surface area contributed by atoms with E-state index in [2.05, 4.69) is 47.1 Å². The van der Waals surface area contributed by atoms with Gasteiger partial charge >= 0.3 is 6.61 Å². The average molecular weight is 690 g/mol. The second-order valence-electron chi connectivity index (χ2n) is 10.6. The third kappa shape index (κ3) is 15.9. The first-order chi connectivity index (χ1) is 22.8. The first-order valence-electron chi connectivity index (χ1n) is 16.4. The van der Waals surface area contributed by atoms with Crippen molar-refractivity contribution in [2.24, 2.45) is 0 Å². The molecular formula is C38H54F3N3O3S. The molecule has 0 aliphatic rings. The predicted octanol–water partition coefficient (Wildman–Crippen LogP) is 11.3. The number of allylic oxidation sites excluding steroid dienone is 8. The van der Waals surface area contributed by atoms with Crippen molar-refractivity contribution in [2.75, 3.05) is 5.32 Å². The molecule has 6 nitrogen and oxygen atoms in total. The van der Waals surface area contributed by atoms with Crippen LogP contribution in [0.3, 0.4) is 0 Å². The summed E-state index contributed by atoms with van der Waals surface area (Å²) in [4.78, 5) is 13.0. The van der Waals surface area contributed by atoms with Crippen LogP contribution in [0, 0.1) is 12.7 Å². The number of alkyl halides is 2. The zero-order chi connectivity index (χ0) is 36.8. The van der Waals surface area contributed by atoms with Crippen LogP contribution >= 0.6 is 11.3 Å². The molecule has 0 aliphatic heterocycles. The highest BCUT2D eigenvalue weighted by Gasteiger charge is 2.22. The van der Waals surface area contributed by atoms with Crippen LogP contribution < -0.4 is 10.1 Å². The van der Waals surface area contributed by atoms with Crippen molar-refractivity contribution >= 4 is 27.9 Å². The molecule has 2 N–H and O–H groups in total. The molecule has 1 atom stereocenters. The summed E-state index contributed by atoms with van der Waals surface area (Å²) in [6.07, 6.45) is 14.6. The normalized spacial score (nSPS) is 13.2. The highest BCUT2D eigenvalue weighted by molar-refractivity contribution is 7.15. The Kier molecular flexibility index (Phi) is 22.5. The molecule has 0 radical (unpaired) electrons. The smallest absolute Gasteiger partial charge is 0.387 e. The Morgan fingerprint density at radius 2 is 1.75 bits per heavy atom. The van der Waals surface area contributed by atoms with Gasteiger partial charge in [-0.3, -0.25) is 10.1 Å². The maximum Gasteiger partial charge on any atom is 0.387 e. The van der Waals surface area contributed by atoms with Gasteiger partial charge in [-0.05, 0) is 84.1 Å². The fourth-order valence-electron chi connectivity index (χ4n) is 4.18. The maximum atomic E-state index is 14.8. The van der Waals surface area contributed by atoms with E-state index in [9.17, 15) is 23.1 Å². The topological polar surface area (TPSA) is 84.3 Å². The van der Waals surface area contributed by atoms with E-state index in [4.69, 9.17) is 0 Å². The Morgan fingerprint density at radius 3 is 2.23 bits per heavy atom. The van der Waals surface area contributed by atoms with E-state index in [1.807, 2.05) is 39.8 Å². The third-order valence-electron chi connectivity index (χ3n) is 6.59. The number of benzene rings is 1. The molecule has 2 aromatic rings. The first kappa shape index (κ1) is 44.2. The van der Waals surface area contributed by atoms with Crippen LogP contribution in [-0.2, 0) is 4.79 Å². The molecule has 2 rings (SSSR count). The van der Waals surface area contributed by atoms with Gasteiger partial charge in [-0.15, -0.1) is 10.2 Å². The Balaban J connectivity index is 0.00000104. The number of ether oxygens (including phenoxy) is 1. The molecule has 0 saturated heterocycles. The van der Waals surface area contributed by atoms with Crippen molar-refractivity contribution in [2.45, 2.75) is 115 Å². The lowest BCUT2D eigenvalue weighted by Crippen LogP contribution is -2.15. The minimum atomic E-state index is -3.15. The maximum absolute atomic E-state index is 14.8. The lowest BCUT2D eigenvalue weighted by molar-refractivity contribution is -0.112. The fraction of sp³-hybridized carbons (Fsp3) is 0.447. The summed E-state index contributed by atoms with van der Waals surface area (Å²) in [5.41, 5.74) is 4.54. The van der Waals surface area contributed by atoms with Crippen molar-refractivity contribution in [1.82, 2.24) is 10.2 Å². The van der Waals surface area contributed by atoms with E-state index in [-0.39, 0.29) is 33.7 Å². The van der Waals surface area contributed by atoms with Gasteiger partial charge in [0.15, 0.2) is 0 Å². The quantitative estimate of drug-likeness (QED) is 0.152. The molecule has 0 saturated carbocycles. The summed E-state index contributed by atoms with van der Waals surface area (Å²) >= 11 is 1.18. The van der Waals surface area contributed by atoms with Crippen LogP contribution in [0.15, 0.2) is 82.5 Å². The van der Waals surface area contributed by atoms with Crippen LogP contribution in [0.2, 0.25) is 0 Å². The standard InChI is InChI=1S/C21H22F3N3O2S.C15H26O.C2H6/c1-5-6-8-14(19(28)25-21-27-26-13(4)30-21)15(11-12(2)3)18-16(22)9-7-10-17(18)29-20(23)24;1-6-9-15(12(4)7-2)11-10-14(8-3)13(5)16;1-2/h6-11,20H,5H2,1-4H3,(H,25,27,28);8,10-11,13,16H,6-7,9H2,1-5H3;1-2H3/b8-6+,15-14-;11-10-,14-8+,15-12-;. The minimum absolute atomic E-state index is 0.0788. The summed E-state index contributed by atoms with van der Waals surface area (Å²) in [6, 6.07) is 3.62. The molecule has 0 bridgehead atoms. The van der Waals surface area contributed by atoms with E-state index in [0.717, 1.165) is 36.5 Å².